The molecule has 0 heterocycles. The minimum atomic E-state index is 0.0283. The summed E-state index contributed by atoms with van der Waals surface area (Å²) in [4.78, 5) is 14.3. The molecule has 0 spiro atoms. The van der Waals surface area contributed by atoms with Gasteiger partial charge in [0, 0.05) is 17.6 Å². The summed E-state index contributed by atoms with van der Waals surface area (Å²) < 4.78 is 0. The Labute approximate surface area is 111 Å². The van der Waals surface area contributed by atoms with Crippen LogP contribution in [0.5, 0.6) is 0 Å². The molecule has 0 saturated carbocycles. The highest BCUT2D eigenvalue weighted by atomic mass is 16.2. The van der Waals surface area contributed by atoms with E-state index in [1.54, 1.807) is 0 Å². The van der Waals surface area contributed by atoms with Crippen molar-refractivity contribution >= 4 is 11.6 Å². The fraction of sp³-hybridized carbons (Fsp3) is 0.562. The SMILES string of the molecule is CCC(C)N(C(=O)C(C)C)c1ccc(C)c(C)c1. The quantitative estimate of drug-likeness (QED) is 0.784. The van der Waals surface area contributed by atoms with Gasteiger partial charge in [-0.25, -0.2) is 0 Å². The molecular formula is C16H25NO. The van der Waals surface area contributed by atoms with Gasteiger partial charge in [-0.05, 0) is 50.5 Å². The summed E-state index contributed by atoms with van der Waals surface area (Å²) in [6.45, 7) is 12.3. The van der Waals surface area contributed by atoms with Crippen molar-refractivity contribution in [2.24, 2.45) is 5.92 Å². The van der Waals surface area contributed by atoms with Crippen LogP contribution < -0.4 is 4.90 Å². The Morgan fingerprint density at radius 2 is 1.78 bits per heavy atom. The third kappa shape index (κ3) is 3.12. The highest BCUT2D eigenvalue weighted by Crippen LogP contribution is 2.23. The number of benzene rings is 1. The van der Waals surface area contributed by atoms with E-state index < -0.39 is 0 Å². The van der Waals surface area contributed by atoms with Gasteiger partial charge >= 0.3 is 0 Å². The lowest BCUT2D eigenvalue weighted by molar-refractivity contribution is -0.121. The standard InChI is InChI=1S/C16H25NO/c1-7-14(6)17(16(18)11(2)3)15-9-8-12(4)13(5)10-15/h8-11,14H,7H2,1-6H3. The molecule has 100 valence electrons. The van der Waals surface area contributed by atoms with Crippen molar-refractivity contribution in [1.29, 1.82) is 0 Å². The van der Waals surface area contributed by atoms with E-state index >= 15 is 0 Å². The second-order valence-electron chi connectivity index (χ2n) is 5.39. The number of hydrogen-bond donors (Lipinski definition) is 0. The minimum Gasteiger partial charge on any atom is -0.309 e. The Kier molecular flexibility index (Phi) is 4.94. The Morgan fingerprint density at radius 3 is 2.22 bits per heavy atom. The molecule has 0 radical (unpaired) electrons. The number of hydrogen-bond acceptors (Lipinski definition) is 1. The Morgan fingerprint density at radius 1 is 1.17 bits per heavy atom. The summed E-state index contributed by atoms with van der Waals surface area (Å²) >= 11 is 0. The van der Waals surface area contributed by atoms with Crippen LogP contribution in [-0.2, 0) is 4.79 Å². The van der Waals surface area contributed by atoms with Crippen molar-refractivity contribution < 1.29 is 4.79 Å². The highest BCUT2D eigenvalue weighted by molar-refractivity contribution is 5.95. The highest BCUT2D eigenvalue weighted by Gasteiger charge is 2.23. The molecule has 2 nitrogen and oxygen atoms in total. The van der Waals surface area contributed by atoms with E-state index in [1.807, 2.05) is 18.7 Å². The molecule has 1 rings (SSSR count). The van der Waals surface area contributed by atoms with E-state index in [4.69, 9.17) is 0 Å². The predicted molar refractivity (Wildman–Crippen MR) is 78.0 cm³/mol. The van der Waals surface area contributed by atoms with Gasteiger partial charge in [0.05, 0.1) is 0 Å². The molecular weight excluding hydrogens is 222 g/mol. The Bertz CT molecular complexity index is 423. The van der Waals surface area contributed by atoms with Crippen molar-refractivity contribution in [3.05, 3.63) is 29.3 Å². The van der Waals surface area contributed by atoms with Crippen LogP contribution in [0, 0.1) is 19.8 Å². The van der Waals surface area contributed by atoms with Gasteiger partial charge in [0.25, 0.3) is 0 Å². The first-order chi connectivity index (χ1) is 8.38. The largest absolute Gasteiger partial charge is 0.309 e. The first-order valence-electron chi connectivity index (χ1n) is 6.78. The minimum absolute atomic E-state index is 0.0283. The van der Waals surface area contributed by atoms with Crippen LogP contribution >= 0.6 is 0 Å². The monoisotopic (exact) mass is 247 g/mol. The van der Waals surface area contributed by atoms with Gasteiger partial charge in [0.1, 0.15) is 0 Å². The van der Waals surface area contributed by atoms with Crippen LogP contribution in [0.3, 0.4) is 0 Å². The summed E-state index contributed by atoms with van der Waals surface area (Å²) in [5.41, 5.74) is 3.52. The summed E-state index contributed by atoms with van der Waals surface area (Å²) in [5.74, 6) is 0.230. The number of carbonyl (C=O) groups excluding carboxylic acids is 1. The van der Waals surface area contributed by atoms with E-state index in [9.17, 15) is 4.79 Å². The average molecular weight is 247 g/mol. The van der Waals surface area contributed by atoms with Gasteiger partial charge in [-0.3, -0.25) is 4.79 Å². The lowest BCUT2D eigenvalue weighted by Crippen LogP contribution is -2.41. The number of anilines is 1. The molecule has 0 bridgehead atoms. The van der Waals surface area contributed by atoms with Crippen LogP contribution in [0.4, 0.5) is 5.69 Å². The Hall–Kier alpha value is -1.31. The molecule has 0 aliphatic heterocycles. The molecule has 1 unspecified atom stereocenters. The van der Waals surface area contributed by atoms with Crippen molar-refractivity contribution in [1.82, 2.24) is 0 Å². The van der Waals surface area contributed by atoms with Gasteiger partial charge in [-0.2, -0.15) is 0 Å². The van der Waals surface area contributed by atoms with Crippen LogP contribution in [0.2, 0.25) is 0 Å². The fourth-order valence-corrected chi connectivity index (χ4v) is 1.94. The van der Waals surface area contributed by atoms with Gasteiger partial charge in [-0.1, -0.05) is 26.8 Å². The predicted octanol–water partition coefficient (Wildman–Crippen LogP) is 4.09. The lowest BCUT2D eigenvalue weighted by atomic mass is 10.1. The van der Waals surface area contributed by atoms with E-state index in [0.717, 1.165) is 12.1 Å². The van der Waals surface area contributed by atoms with Crippen LogP contribution in [0.15, 0.2) is 18.2 Å². The zero-order valence-electron chi connectivity index (χ0n) is 12.4. The molecule has 1 atom stereocenters. The van der Waals surface area contributed by atoms with Gasteiger partial charge in [-0.15, -0.1) is 0 Å². The molecule has 1 amide bonds. The topological polar surface area (TPSA) is 20.3 Å². The maximum Gasteiger partial charge on any atom is 0.229 e. The van der Waals surface area contributed by atoms with Crippen molar-refractivity contribution in [3.8, 4) is 0 Å². The maximum absolute atomic E-state index is 12.4. The zero-order valence-corrected chi connectivity index (χ0v) is 12.4. The summed E-state index contributed by atoms with van der Waals surface area (Å²) in [5, 5.41) is 0. The first-order valence-corrected chi connectivity index (χ1v) is 6.78. The molecule has 0 aliphatic rings. The van der Waals surface area contributed by atoms with Gasteiger partial charge in [0.2, 0.25) is 5.91 Å². The van der Waals surface area contributed by atoms with Crippen LogP contribution in [0.1, 0.15) is 45.2 Å². The summed E-state index contributed by atoms with van der Waals surface area (Å²) in [7, 11) is 0. The third-order valence-electron chi connectivity index (χ3n) is 3.53. The van der Waals surface area contributed by atoms with E-state index in [1.165, 1.54) is 11.1 Å². The Balaban J connectivity index is 3.17. The third-order valence-corrected chi connectivity index (χ3v) is 3.53. The lowest BCUT2D eigenvalue weighted by Gasteiger charge is -2.30. The molecule has 0 saturated heterocycles. The van der Waals surface area contributed by atoms with Crippen molar-refractivity contribution in [3.63, 3.8) is 0 Å². The number of nitrogens with zero attached hydrogens (tertiary/aromatic N) is 1. The van der Waals surface area contributed by atoms with Gasteiger partial charge in [0.15, 0.2) is 0 Å². The van der Waals surface area contributed by atoms with E-state index in [0.29, 0.717) is 0 Å². The second kappa shape index (κ2) is 6.03. The number of carbonyl (C=O) groups is 1. The first kappa shape index (κ1) is 14.7. The zero-order chi connectivity index (χ0) is 13.9. The molecule has 1 aromatic rings. The smallest absolute Gasteiger partial charge is 0.229 e. The maximum atomic E-state index is 12.4. The van der Waals surface area contributed by atoms with Crippen LogP contribution in [0.25, 0.3) is 0 Å². The number of aryl methyl sites for hydroxylation is 2. The molecule has 2 heteroatoms. The summed E-state index contributed by atoms with van der Waals surface area (Å²) in [6, 6.07) is 6.49. The number of amides is 1. The van der Waals surface area contributed by atoms with E-state index in [-0.39, 0.29) is 17.9 Å². The molecule has 18 heavy (non-hydrogen) atoms. The molecule has 0 aliphatic carbocycles. The van der Waals surface area contributed by atoms with Crippen LogP contribution in [-0.4, -0.2) is 11.9 Å². The molecule has 0 N–H and O–H groups in total. The average Bonchev–Trinajstić information content (AvgIpc) is 2.33. The number of rotatable bonds is 4. The second-order valence-corrected chi connectivity index (χ2v) is 5.39. The summed E-state index contributed by atoms with van der Waals surface area (Å²) in [6.07, 6.45) is 0.964. The molecule has 1 aromatic carbocycles. The van der Waals surface area contributed by atoms with E-state index in [2.05, 4.69) is 45.9 Å². The normalized spacial score (nSPS) is 12.6. The molecule has 0 fully saturated rings. The van der Waals surface area contributed by atoms with Gasteiger partial charge < -0.3 is 4.90 Å². The fourth-order valence-electron chi connectivity index (χ4n) is 1.94. The van der Waals surface area contributed by atoms with Crippen molar-refractivity contribution in [2.45, 2.75) is 54.0 Å². The van der Waals surface area contributed by atoms with Crippen molar-refractivity contribution in [2.75, 3.05) is 4.90 Å². The molecule has 0 aromatic heterocycles.